The smallest absolute Gasteiger partial charge is 0.182 e. The molecule has 0 N–H and O–H groups in total. The molecule has 0 aliphatic heterocycles. The lowest BCUT2D eigenvalue weighted by Gasteiger charge is -2.35. The number of para-hydroxylation sites is 2. The summed E-state index contributed by atoms with van der Waals surface area (Å²) in [5.41, 5.74) is 3.60. The topological polar surface area (TPSA) is 4.93 Å². The van der Waals surface area contributed by atoms with Crippen LogP contribution in [-0.4, -0.2) is 20.7 Å². The molecule has 0 bridgehead atoms. The minimum atomic E-state index is -3.11. The number of thiophene rings is 2. The molecule has 14 aromatic rings. The highest BCUT2D eigenvalue weighted by molar-refractivity contribution is 7.35. The molecule has 3 heterocycles. The maximum Gasteiger partial charge on any atom is 0.182 e. The van der Waals surface area contributed by atoms with Crippen molar-refractivity contribution in [3.8, 4) is 5.69 Å². The lowest BCUT2D eigenvalue weighted by Crippen LogP contribution is -2.75. The zero-order valence-corrected chi connectivity index (χ0v) is 42.4. The van der Waals surface area contributed by atoms with Crippen LogP contribution >= 0.6 is 22.7 Å². The van der Waals surface area contributed by atoms with E-state index in [0.717, 1.165) is 0 Å². The number of hydrogen-bond donors (Lipinski definition) is 0. The first-order chi connectivity index (χ1) is 35.2. The average molecular weight is 972 g/mol. The van der Waals surface area contributed by atoms with Crippen molar-refractivity contribution in [2.45, 2.75) is 0 Å². The van der Waals surface area contributed by atoms with Crippen molar-refractivity contribution in [1.29, 1.82) is 0 Å². The van der Waals surface area contributed by atoms with Gasteiger partial charge in [-0.15, -0.1) is 22.7 Å². The Hall–Kier alpha value is -7.91. The fraction of sp³-hybridized carbons (Fsp3) is 0. The Labute approximate surface area is 422 Å². The van der Waals surface area contributed by atoms with Crippen LogP contribution in [0.25, 0.3) is 67.8 Å². The van der Waals surface area contributed by atoms with E-state index >= 15 is 0 Å². The zero-order valence-electron chi connectivity index (χ0n) is 38.7. The molecular formula is C66H45NS2Si2. The first-order valence-electron chi connectivity index (χ1n) is 24.4. The standard InChI is InChI=1S/C66H45NS2Si2/c1-5-24-47(25-6-1)70(48-26-7-2-8-27-48,51-32-19-23-46(45-51)67-58-39-16-13-33-52(58)53-34-14-17-40-59(53)67)61-42-21-37-56-57-38-22-44-63(66(57)69-65(56)61)71(49-28-9-3-10-29-49,50-30-11-4-12-31-50)62-43-20-36-55-54-35-15-18-41-60(54)68-64(55)62/h1-45H. The van der Waals surface area contributed by atoms with Crippen LogP contribution in [0.5, 0.6) is 0 Å². The van der Waals surface area contributed by atoms with Crippen LogP contribution in [0.2, 0.25) is 0 Å². The molecule has 5 heteroatoms. The van der Waals surface area contributed by atoms with E-state index < -0.39 is 16.1 Å². The normalized spacial score (nSPS) is 12.2. The lowest BCUT2D eigenvalue weighted by atomic mass is 10.1. The van der Waals surface area contributed by atoms with Crippen molar-refractivity contribution in [3.05, 3.63) is 273 Å². The van der Waals surface area contributed by atoms with Gasteiger partial charge < -0.3 is 4.57 Å². The monoisotopic (exact) mass is 971 g/mol. The number of nitrogens with zero attached hydrogens (tertiary/aromatic N) is 1. The summed E-state index contributed by atoms with van der Waals surface area (Å²) in [6.07, 6.45) is 0. The van der Waals surface area contributed by atoms with Crippen molar-refractivity contribution in [2.75, 3.05) is 0 Å². The first kappa shape index (κ1) is 42.0. The molecule has 0 amide bonds. The molecule has 3 aromatic heterocycles. The summed E-state index contributed by atoms with van der Waals surface area (Å²) in [6.45, 7) is 0. The summed E-state index contributed by atoms with van der Waals surface area (Å²) in [4.78, 5) is 0. The fourth-order valence-electron chi connectivity index (χ4n) is 12.2. The van der Waals surface area contributed by atoms with Gasteiger partial charge in [-0.25, -0.2) is 0 Å². The Bertz CT molecular complexity index is 4160. The van der Waals surface area contributed by atoms with Gasteiger partial charge in [0.2, 0.25) is 0 Å². The molecule has 0 unspecified atom stereocenters. The van der Waals surface area contributed by atoms with Gasteiger partial charge in [-0.1, -0.05) is 243 Å². The molecule has 0 spiro atoms. The second-order valence-electron chi connectivity index (χ2n) is 18.6. The molecular weight excluding hydrogens is 927 g/mol. The summed E-state index contributed by atoms with van der Waals surface area (Å²) < 4.78 is 7.92. The quantitative estimate of drug-likeness (QED) is 0.100. The molecule has 0 aliphatic carbocycles. The van der Waals surface area contributed by atoms with E-state index in [9.17, 15) is 0 Å². The van der Waals surface area contributed by atoms with E-state index in [1.165, 1.54) is 109 Å². The van der Waals surface area contributed by atoms with Gasteiger partial charge in [0.15, 0.2) is 16.1 Å². The third-order valence-electron chi connectivity index (χ3n) is 15.1. The highest BCUT2D eigenvalue weighted by Crippen LogP contribution is 2.38. The number of hydrogen-bond acceptors (Lipinski definition) is 2. The van der Waals surface area contributed by atoms with E-state index in [1.807, 2.05) is 22.7 Å². The van der Waals surface area contributed by atoms with Crippen LogP contribution in [-0.2, 0) is 0 Å². The van der Waals surface area contributed by atoms with Crippen molar-refractivity contribution in [3.63, 3.8) is 0 Å². The van der Waals surface area contributed by atoms with Crippen LogP contribution in [0.3, 0.4) is 0 Å². The lowest BCUT2D eigenvalue weighted by molar-refractivity contribution is 1.18. The van der Waals surface area contributed by atoms with Crippen LogP contribution in [0, 0.1) is 0 Å². The summed E-state index contributed by atoms with van der Waals surface area (Å²) >= 11 is 3.97. The Morgan fingerprint density at radius 2 is 0.606 bits per heavy atom. The second kappa shape index (κ2) is 16.9. The summed E-state index contributed by atoms with van der Waals surface area (Å²) in [7, 11) is -6.17. The Balaban J connectivity index is 1.10. The molecule has 0 saturated carbocycles. The van der Waals surface area contributed by atoms with Gasteiger partial charge in [0.25, 0.3) is 0 Å². The van der Waals surface area contributed by atoms with E-state index in [-0.39, 0.29) is 0 Å². The molecule has 71 heavy (non-hydrogen) atoms. The van der Waals surface area contributed by atoms with Crippen LogP contribution in [0.1, 0.15) is 0 Å². The summed E-state index contributed by atoms with van der Waals surface area (Å²) in [5, 5.41) is 19.0. The average Bonchev–Trinajstić information content (AvgIpc) is 4.14. The predicted octanol–water partition coefficient (Wildman–Crippen LogP) is 12.3. The minimum absolute atomic E-state index is 1.17. The Kier molecular flexibility index (Phi) is 10.0. The Morgan fingerprint density at radius 3 is 1.11 bits per heavy atom. The molecule has 1 nitrogen and oxygen atoms in total. The van der Waals surface area contributed by atoms with Crippen LogP contribution in [0.4, 0.5) is 0 Å². The number of fused-ring (bicyclic) bond motifs is 9. The maximum atomic E-state index is 2.52. The van der Waals surface area contributed by atoms with E-state index in [4.69, 9.17) is 0 Å². The third kappa shape index (κ3) is 6.27. The molecule has 334 valence electrons. The molecule has 0 fully saturated rings. The molecule has 0 radical (unpaired) electrons. The minimum Gasteiger partial charge on any atom is -0.309 e. The molecule has 0 atom stereocenters. The molecule has 11 aromatic carbocycles. The summed E-state index contributed by atoms with van der Waals surface area (Å²) in [6, 6.07) is 104. The summed E-state index contributed by atoms with van der Waals surface area (Å²) in [5.74, 6) is 0. The van der Waals surface area contributed by atoms with Crippen LogP contribution < -0.4 is 41.5 Å². The highest BCUT2D eigenvalue weighted by atomic mass is 32.1. The van der Waals surface area contributed by atoms with Gasteiger partial charge >= 0.3 is 0 Å². The predicted molar refractivity (Wildman–Crippen MR) is 314 cm³/mol. The van der Waals surface area contributed by atoms with Gasteiger partial charge in [-0.3, -0.25) is 0 Å². The second-order valence-corrected chi connectivity index (χ2v) is 28.2. The number of aromatic nitrogens is 1. The maximum absolute atomic E-state index is 3.11. The fourth-order valence-corrected chi connectivity index (χ4v) is 26.0. The van der Waals surface area contributed by atoms with Crippen molar-refractivity contribution in [2.24, 2.45) is 0 Å². The van der Waals surface area contributed by atoms with Crippen molar-refractivity contribution < 1.29 is 0 Å². The van der Waals surface area contributed by atoms with Crippen LogP contribution in [0.15, 0.2) is 273 Å². The number of benzene rings is 11. The third-order valence-corrected chi connectivity index (χ3v) is 27.8. The number of rotatable bonds is 9. The van der Waals surface area contributed by atoms with Crippen molar-refractivity contribution in [1.82, 2.24) is 4.57 Å². The van der Waals surface area contributed by atoms with Crippen molar-refractivity contribution >= 4 is 142 Å². The van der Waals surface area contributed by atoms with E-state index in [0.29, 0.717) is 0 Å². The van der Waals surface area contributed by atoms with Gasteiger partial charge in [0.1, 0.15) is 0 Å². The SMILES string of the molecule is c1ccc([Si](c2ccccc2)(c2cccc(-n3c4ccccc4c4ccccc43)c2)c2cccc3c2sc2c([Si](c4ccccc4)(c4ccccc4)c4cccc5c4sc4ccccc45)cccc23)cc1. The molecule has 0 aliphatic rings. The van der Waals surface area contributed by atoms with Gasteiger partial charge in [0, 0.05) is 56.8 Å². The largest absolute Gasteiger partial charge is 0.309 e. The molecule has 0 saturated heterocycles. The zero-order chi connectivity index (χ0) is 46.9. The van der Waals surface area contributed by atoms with Gasteiger partial charge in [-0.2, -0.15) is 0 Å². The Morgan fingerprint density at radius 1 is 0.254 bits per heavy atom. The van der Waals surface area contributed by atoms with E-state index in [2.05, 4.69) is 278 Å². The van der Waals surface area contributed by atoms with Gasteiger partial charge in [0.05, 0.1) is 11.0 Å². The van der Waals surface area contributed by atoms with Gasteiger partial charge in [-0.05, 0) is 71.8 Å². The highest BCUT2D eigenvalue weighted by Gasteiger charge is 2.46. The van der Waals surface area contributed by atoms with E-state index in [1.54, 1.807) is 0 Å². The first-order valence-corrected chi connectivity index (χ1v) is 30.0. The molecule has 14 rings (SSSR count).